The highest BCUT2D eigenvalue weighted by Crippen LogP contribution is 2.32. The van der Waals surface area contributed by atoms with Crippen LogP contribution in [-0.4, -0.2) is 58.4 Å². The number of hydrogen-bond acceptors (Lipinski definition) is 6. The summed E-state index contributed by atoms with van der Waals surface area (Å²) in [7, 11) is 0. The number of carbonyl (C=O) groups is 2. The lowest BCUT2D eigenvalue weighted by Crippen LogP contribution is -2.48. The van der Waals surface area contributed by atoms with Gasteiger partial charge in [0.15, 0.2) is 0 Å². The Morgan fingerprint density at radius 3 is 2.48 bits per heavy atom. The largest absolute Gasteiger partial charge is 0.573 e. The van der Waals surface area contributed by atoms with Crippen molar-refractivity contribution in [2.45, 2.75) is 50.4 Å². The average molecular weight is 633 g/mol. The van der Waals surface area contributed by atoms with Crippen molar-refractivity contribution < 1.29 is 32.6 Å². The molecule has 4 aromatic rings. The zero-order valence-corrected chi connectivity index (χ0v) is 25.0. The maximum Gasteiger partial charge on any atom is 0.573 e. The van der Waals surface area contributed by atoms with E-state index in [0.29, 0.717) is 24.1 Å². The second kappa shape index (κ2) is 15.0. The number of rotatable bonds is 12. The van der Waals surface area contributed by atoms with Gasteiger partial charge in [-0.15, -0.1) is 13.2 Å². The summed E-state index contributed by atoms with van der Waals surface area (Å²) in [6.07, 6.45) is -0.359. The third-order valence-corrected chi connectivity index (χ3v) is 7.85. The first-order valence-corrected chi connectivity index (χ1v) is 15.1. The number of aliphatic hydroxyl groups is 1. The number of pyridine rings is 1. The summed E-state index contributed by atoms with van der Waals surface area (Å²) in [6.45, 7) is 0.816. The van der Waals surface area contributed by atoms with E-state index in [0.717, 1.165) is 24.0 Å². The molecule has 8 nitrogen and oxygen atoms in total. The highest BCUT2D eigenvalue weighted by atomic mass is 19.4. The van der Waals surface area contributed by atoms with Crippen LogP contribution < -0.4 is 15.4 Å². The fraction of sp³-hybridized carbons (Fsp3) is 0.286. The van der Waals surface area contributed by atoms with Gasteiger partial charge < -0.3 is 25.4 Å². The third kappa shape index (κ3) is 8.92. The van der Waals surface area contributed by atoms with E-state index in [-0.39, 0.29) is 36.4 Å². The van der Waals surface area contributed by atoms with Crippen molar-refractivity contribution in [3.05, 3.63) is 131 Å². The molecule has 1 saturated heterocycles. The normalized spacial score (nSPS) is 16.1. The van der Waals surface area contributed by atoms with Gasteiger partial charge in [0.1, 0.15) is 5.75 Å². The van der Waals surface area contributed by atoms with E-state index in [9.17, 15) is 27.9 Å². The molecule has 0 aliphatic carbocycles. The number of amides is 2. The molecule has 1 aliphatic heterocycles. The first-order chi connectivity index (χ1) is 22.2. The van der Waals surface area contributed by atoms with Gasteiger partial charge in [-0.05, 0) is 72.4 Å². The average Bonchev–Trinajstić information content (AvgIpc) is 3.55. The monoisotopic (exact) mass is 632 g/mol. The van der Waals surface area contributed by atoms with Crippen LogP contribution in [-0.2, 0) is 13.0 Å². The van der Waals surface area contributed by atoms with Crippen LogP contribution >= 0.6 is 0 Å². The van der Waals surface area contributed by atoms with Crippen molar-refractivity contribution in [3.8, 4) is 5.75 Å². The molecule has 5 rings (SSSR count). The maximum absolute atomic E-state index is 13.6. The molecule has 1 aromatic heterocycles. The molecule has 0 radical (unpaired) electrons. The Morgan fingerprint density at radius 1 is 0.957 bits per heavy atom. The van der Waals surface area contributed by atoms with Gasteiger partial charge >= 0.3 is 6.36 Å². The number of hydrogen-bond donors (Lipinski definition) is 3. The fourth-order valence-corrected chi connectivity index (χ4v) is 5.65. The molecule has 1 unspecified atom stereocenters. The Morgan fingerprint density at radius 2 is 1.72 bits per heavy atom. The van der Waals surface area contributed by atoms with Gasteiger partial charge in [-0.3, -0.25) is 14.6 Å². The molecule has 2 amide bonds. The first-order valence-electron chi connectivity index (χ1n) is 15.1. The van der Waals surface area contributed by atoms with E-state index < -0.39 is 24.4 Å². The van der Waals surface area contributed by atoms with Crippen molar-refractivity contribution >= 4 is 11.8 Å². The molecule has 46 heavy (non-hydrogen) atoms. The SMILES string of the molecule is O=C(N[C@@H](Cc1ccccc1)[C@@H](O)CNCc1cccc(OC(F)(F)F)c1)c1cccc(C(=O)N2CCCC2c2cccnc2)c1. The number of halogens is 3. The van der Waals surface area contributed by atoms with Crippen molar-refractivity contribution in [1.82, 2.24) is 20.5 Å². The molecule has 240 valence electrons. The lowest BCUT2D eigenvalue weighted by molar-refractivity contribution is -0.274. The topological polar surface area (TPSA) is 104 Å². The van der Waals surface area contributed by atoms with Crippen LogP contribution in [0, 0.1) is 0 Å². The number of ether oxygens (including phenoxy) is 1. The smallest absolute Gasteiger partial charge is 0.406 e. The second-order valence-electron chi connectivity index (χ2n) is 11.2. The molecule has 3 aromatic carbocycles. The van der Waals surface area contributed by atoms with Crippen LogP contribution in [0.5, 0.6) is 5.75 Å². The molecule has 1 fully saturated rings. The van der Waals surface area contributed by atoms with Crippen molar-refractivity contribution in [2.24, 2.45) is 0 Å². The Balaban J connectivity index is 1.25. The van der Waals surface area contributed by atoms with E-state index in [1.807, 2.05) is 47.4 Å². The molecule has 3 atom stereocenters. The summed E-state index contributed by atoms with van der Waals surface area (Å²) < 4.78 is 41.8. The van der Waals surface area contributed by atoms with Crippen molar-refractivity contribution in [1.29, 1.82) is 0 Å². The molecular weight excluding hydrogens is 597 g/mol. The highest BCUT2D eigenvalue weighted by molar-refractivity contribution is 6.00. The molecule has 0 saturated carbocycles. The maximum atomic E-state index is 13.6. The van der Waals surface area contributed by atoms with Gasteiger partial charge in [-0.2, -0.15) is 0 Å². The van der Waals surface area contributed by atoms with Gasteiger partial charge in [0.2, 0.25) is 0 Å². The number of nitrogens with one attached hydrogen (secondary N) is 2. The predicted molar refractivity (Wildman–Crippen MR) is 166 cm³/mol. The molecule has 11 heteroatoms. The molecule has 1 aliphatic rings. The van der Waals surface area contributed by atoms with Crippen molar-refractivity contribution in [2.75, 3.05) is 13.1 Å². The summed E-state index contributed by atoms with van der Waals surface area (Å²) in [5.41, 5.74) is 3.06. The van der Waals surface area contributed by atoms with Gasteiger partial charge in [0.25, 0.3) is 11.8 Å². The Hall–Kier alpha value is -4.74. The molecule has 0 spiro atoms. The van der Waals surface area contributed by atoms with Crippen LogP contribution in [0.25, 0.3) is 0 Å². The fourth-order valence-electron chi connectivity index (χ4n) is 5.65. The third-order valence-electron chi connectivity index (χ3n) is 7.85. The minimum Gasteiger partial charge on any atom is -0.406 e. The lowest BCUT2D eigenvalue weighted by Gasteiger charge is -2.26. The second-order valence-corrected chi connectivity index (χ2v) is 11.2. The zero-order chi connectivity index (χ0) is 32.5. The minimum absolute atomic E-state index is 0.0470. The first kappa shape index (κ1) is 32.6. The minimum atomic E-state index is -4.80. The lowest BCUT2D eigenvalue weighted by atomic mass is 10.00. The quantitative estimate of drug-likeness (QED) is 0.192. The number of likely N-dealkylation sites (tertiary alicyclic amines) is 1. The zero-order valence-electron chi connectivity index (χ0n) is 25.0. The number of aromatic nitrogens is 1. The number of nitrogens with zero attached hydrogens (tertiary/aromatic N) is 2. The van der Waals surface area contributed by atoms with E-state index in [2.05, 4.69) is 20.4 Å². The summed E-state index contributed by atoms with van der Waals surface area (Å²) in [6, 6.07) is 24.5. The van der Waals surface area contributed by atoms with E-state index in [1.165, 1.54) is 18.2 Å². The van der Waals surface area contributed by atoms with Crippen LogP contribution in [0.4, 0.5) is 13.2 Å². The van der Waals surface area contributed by atoms with Gasteiger partial charge in [0, 0.05) is 43.2 Å². The number of benzene rings is 3. The van der Waals surface area contributed by atoms with Crippen LogP contribution in [0.3, 0.4) is 0 Å². The summed E-state index contributed by atoms with van der Waals surface area (Å²) >= 11 is 0. The number of carbonyl (C=O) groups excluding carboxylic acids is 2. The van der Waals surface area contributed by atoms with Gasteiger partial charge in [-0.1, -0.05) is 54.6 Å². The van der Waals surface area contributed by atoms with Crippen LogP contribution in [0.1, 0.15) is 56.3 Å². The Kier molecular flexibility index (Phi) is 10.7. The highest BCUT2D eigenvalue weighted by Gasteiger charge is 2.32. The molecule has 3 N–H and O–H groups in total. The van der Waals surface area contributed by atoms with E-state index >= 15 is 0 Å². The number of aliphatic hydroxyl groups excluding tert-OH is 1. The predicted octanol–water partition coefficient (Wildman–Crippen LogP) is 5.45. The Labute approximate surface area is 265 Å². The Bertz CT molecular complexity index is 1600. The van der Waals surface area contributed by atoms with Crippen molar-refractivity contribution in [3.63, 3.8) is 0 Å². The summed E-state index contributed by atoms with van der Waals surface area (Å²) in [5, 5.41) is 17.1. The summed E-state index contributed by atoms with van der Waals surface area (Å²) in [4.78, 5) is 33.1. The molecular formula is C35H35F3N4O4. The van der Waals surface area contributed by atoms with Gasteiger partial charge in [0.05, 0.1) is 18.2 Å². The van der Waals surface area contributed by atoms with E-state index in [4.69, 9.17) is 0 Å². The van der Waals surface area contributed by atoms with Gasteiger partial charge in [-0.25, -0.2) is 0 Å². The molecule has 0 bridgehead atoms. The summed E-state index contributed by atoms with van der Waals surface area (Å²) in [5.74, 6) is -0.952. The van der Waals surface area contributed by atoms with E-state index in [1.54, 1.807) is 42.7 Å². The molecule has 2 heterocycles. The number of alkyl halides is 3. The van der Waals surface area contributed by atoms with Crippen LogP contribution in [0.15, 0.2) is 103 Å². The standard InChI is InChI=1S/C35H35F3N4O4/c36-35(37,38)46-29-14-4-10-25(18-29)21-40-23-32(43)30(19-24-8-2-1-3-9-24)41-33(44)26-11-5-12-27(20-26)34(45)42-17-7-15-31(42)28-13-6-16-39-22-28/h1-6,8-14,16,18,20,22,30-32,40,43H,7,15,17,19,21,23H2,(H,41,44)/t30-,31?,32-/m0/s1. The van der Waals surface area contributed by atoms with Crippen LogP contribution in [0.2, 0.25) is 0 Å².